The summed E-state index contributed by atoms with van der Waals surface area (Å²) < 4.78 is 52.2. The lowest BCUT2D eigenvalue weighted by atomic mass is 9.92. The third kappa shape index (κ3) is 4.68. The fourth-order valence-corrected chi connectivity index (χ4v) is 2.58. The molecule has 0 N–H and O–H groups in total. The molecule has 0 spiro atoms. The van der Waals surface area contributed by atoms with Crippen LogP contribution >= 0.6 is 0 Å². The average Bonchev–Trinajstić information content (AvgIpc) is 2.55. The number of esters is 1. The summed E-state index contributed by atoms with van der Waals surface area (Å²) in [6, 6.07) is 13.0. The summed E-state index contributed by atoms with van der Waals surface area (Å²) in [6.45, 7) is 1.52. The van der Waals surface area contributed by atoms with Crippen LogP contribution in [0.25, 0.3) is 0 Å². The Morgan fingerprint density at radius 3 is 2.38 bits per heavy atom. The Labute approximate surface area is 148 Å². The highest BCUT2D eigenvalue weighted by Gasteiger charge is 2.35. The van der Waals surface area contributed by atoms with Gasteiger partial charge in [-0.25, -0.2) is 4.79 Å². The van der Waals surface area contributed by atoms with E-state index in [1.165, 1.54) is 19.1 Å². The number of hydrogen-bond donors (Lipinski definition) is 0. The van der Waals surface area contributed by atoms with Crippen molar-refractivity contribution in [3.63, 3.8) is 0 Å². The fraction of sp³-hybridized carbons (Fsp3) is 0.316. The summed E-state index contributed by atoms with van der Waals surface area (Å²) in [5, 5.41) is 0. The van der Waals surface area contributed by atoms with E-state index in [1.807, 2.05) is 6.07 Å². The quantitative estimate of drug-likeness (QED) is 0.722. The summed E-state index contributed by atoms with van der Waals surface area (Å²) in [7, 11) is 0. The highest BCUT2D eigenvalue weighted by molar-refractivity contribution is 5.89. The number of rotatable bonds is 5. The molecule has 4 nitrogen and oxygen atoms in total. The first kappa shape index (κ1) is 18.1. The van der Waals surface area contributed by atoms with Gasteiger partial charge in [0, 0.05) is 18.9 Å². The Bertz CT molecular complexity index is 768. The SMILES string of the molecule is Cc1ccc(OC2CC(OC(=O)c3ccccc3)C2)cc1OC(F)(F)F. The molecule has 2 aromatic rings. The van der Waals surface area contributed by atoms with Crippen LogP contribution in [0.2, 0.25) is 0 Å². The molecule has 0 saturated heterocycles. The summed E-state index contributed by atoms with van der Waals surface area (Å²) in [5.74, 6) is -0.403. The first-order chi connectivity index (χ1) is 12.3. The predicted octanol–water partition coefficient (Wildman–Crippen LogP) is 4.66. The average molecular weight is 366 g/mol. The lowest BCUT2D eigenvalue weighted by molar-refractivity contribution is -0.274. The second kappa shape index (κ2) is 7.27. The van der Waals surface area contributed by atoms with Crippen LogP contribution in [-0.2, 0) is 4.74 Å². The smallest absolute Gasteiger partial charge is 0.490 e. The van der Waals surface area contributed by atoms with Gasteiger partial charge in [-0.1, -0.05) is 24.3 Å². The van der Waals surface area contributed by atoms with Crippen molar-refractivity contribution in [2.45, 2.75) is 38.3 Å². The molecule has 1 fully saturated rings. The van der Waals surface area contributed by atoms with Gasteiger partial charge in [-0.05, 0) is 30.7 Å². The van der Waals surface area contributed by atoms with E-state index in [2.05, 4.69) is 4.74 Å². The van der Waals surface area contributed by atoms with Crippen molar-refractivity contribution in [3.8, 4) is 11.5 Å². The van der Waals surface area contributed by atoms with E-state index in [9.17, 15) is 18.0 Å². The number of benzene rings is 2. The maximum atomic E-state index is 12.4. The van der Waals surface area contributed by atoms with Crippen LogP contribution in [0.15, 0.2) is 48.5 Å². The van der Waals surface area contributed by atoms with Crippen LogP contribution in [0.5, 0.6) is 11.5 Å². The third-order valence-electron chi connectivity index (χ3n) is 4.02. The molecule has 1 aliphatic rings. The number of carbonyl (C=O) groups excluding carboxylic acids is 1. The van der Waals surface area contributed by atoms with Gasteiger partial charge in [0.25, 0.3) is 0 Å². The highest BCUT2D eigenvalue weighted by Crippen LogP contribution is 2.33. The minimum absolute atomic E-state index is 0.218. The van der Waals surface area contributed by atoms with Crippen molar-refractivity contribution in [1.29, 1.82) is 0 Å². The molecule has 26 heavy (non-hydrogen) atoms. The van der Waals surface area contributed by atoms with Gasteiger partial charge >= 0.3 is 12.3 Å². The molecule has 0 radical (unpaired) electrons. The Kier molecular flexibility index (Phi) is 5.06. The lowest BCUT2D eigenvalue weighted by Gasteiger charge is -2.34. The number of hydrogen-bond acceptors (Lipinski definition) is 4. The van der Waals surface area contributed by atoms with Crippen molar-refractivity contribution >= 4 is 5.97 Å². The van der Waals surface area contributed by atoms with Crippen LogP contribution in [0.1, 0.15) is 28.8 Å². The largest absolute Gasteiger partial charge is 0.573 e. The Hall–Kier alpha value is -2.70. The zero-order valence-electron chi connectivity index (χ0n) is 14.0. The summed E-state index contributed by atoms with van der Waals surface area (Å²) in [6.07, 6.45) is -4.26. The topological polar surface area (TPSA) is 44.8 Å². The minimum atomic E-state index is -4.75. The van der Waals surface area contributed by atoms with Gasteiger partial charge < -0.3 is 14.2 Å². The molecule has 138 valence electrons. The first-order valence-electron chi connectivity index (χ1n) is 8.09. The fourth-order valence-electron chi connectivity index (χ4n) is 2.58. The molecular weight excluding hydrogens is 349 g/mol. The predicted molar refractivity (Wildman–Crippen MR) is 87.2 cm³/mol. The standard InChI is InChI=1S/C19H17F3O4/c1-12-7-8-14(11-17(12)26-19(20,21)22)24-15-9-16(10-15)25-18(23)13-5-3-2-4-6-13/h2-8,11,15-16H,9-10H2,1H3. The minimum Gasteiger partial charge on any atom is -0.490 e. The summed E-state index contributed by atoms with van der Waals surface area (Å²) in [5.41, 5.74) is 0.835. The van der Waals surface area contributed by atoms with E-state index in [0.29, 0.717) is 24.0 Å². The zero-order valence-corrected chi connectivity index (χ0v) is 14.0. The second-order valence-corrected chi connectivity index (χ2v) is 6.08. The molecule has 0 amide bonds. The molecule has 0 aromatic heterocycles. The maximum Gasteiger partial charge on any atom is 0.573 e. The van der Waals surface area contributed by atoms with Crippen molar-refractivity contribution in [2.75, 3.05) is 0 Å². The van der Waals surface area contributed by atoms with Gasteiger partial charge in [-0.2, -0.15) is 0 Å². The van der Waals surface area contributed by atoms with Gasteiger partial charge in [0.2, 0.25) is 0 Å². The van der Waals surface area contributed by atoms with Crippen LogP contribution in [0, 0.1) is 6.92 Å². The monoisotopic (exact) mass is 366 g/mol. The highest BCUT2D eigenvalue weighted by atomic mass is 19.4. The van der Waals surface area contributed by atoms with Crippen LogP contribution < -0.4 is 9.47 Å². The third-order valence-corrected chi connectivity index (χ3v) is 4.02. The number of aryl methyl sites for hydroxylation is 1. The van der Waals surface area contributed by atoms with Gasteiger partial charge in [-0.3, -0.25) is 0 Å². The van der Waals surface area contributed by atoms with Crippen LogP contribution in [0.4, 0.5) is 13.2 Å². The van der Waals surface area contributed by atoms with Crippen molar-refractivity contribution in [2.24, 2.45) is 0 Å². The molecule has 0 atom stereocenters. The molecule has 7 heteroatoms. The summed E-state index contributed by atoms with van der Waals surface area (Å²) in [4.78, 5) is 11.9. The molecule has 3 rings (SSSR count). The first-order valence-corrected chi connectivity index (χ1v) is 8.09. The molecule has 0 bridgehead atoms. The Balaban J connectivity index is 1.51. The zero-order chi connectivity index (χ0) is 18.7. The molecule has 1 aliphatic carbocycles. The van der Waals surface area contributed by atoms with Gasteiger partial charge in [0.05, 0.1) is 5.56 Å². The number of carbonyl (C=O) groups is 1. The lowest BCUT2D eigenvalue weighted by Crippen LogP contribution is -2.40. The second-order valence-electron chi connectivity index (χ2n) is 6.08. The number of halogens is 3. The number of ether oxygens (including phenoxy) is 3. The normalized spacial score (nSPS) is 19.4. The number of alkyl halides is 3. The van der Waals surface area contributed by atoms with Crippen LogP contribution in [0.3, 0.4) is 0 Å². The Morgan fingerprint density at radius 1 is 1.04 bits per heavy atom. The molecular formula is C19H17F3O4. The summed E-state index contributed by atoms with van der Waals surface area (Å²) >= 11 is 0. The van der Waals surface area contributed by atoms with E-state index in [4.69, 9.17) is 9.47 Å². The van der Waals surface area contributed by atoms with E-state index >= 15 is 0 Å². The molecule has 0 aliphatic heterocycles. The molecule has 2 aromatic carbocycles. The van der Waals surface area contributed by atoms with Gasteiger partial charge in [0.15, 0.2) is 0 Å². The maximum absolute atomic E-state index is 12.4. The van der Waals surface area contributed by atoms with Crippen molar-refractivity contribution < 1.29 is 32.2 Å². The molecule has 1 saturated carbocycles. The molecule has 0 heterocycles. The van der Waals surface area contributed by atoms with E-state index < -0.39 is 12.3 Å². The van der Waals surface area contributed by atoms with E-state index in [0.717, 1.165) is 0 Å². The van der Waals surface area contributed by atoms with E-state index in [1.54, 1.807) is 30.3 Å². The van der Waals surface area contributed by atoms with Gasteiger partial charge in [0.1, 0.15) is 23.7 Å². The van der Waals surface area contributed by atoms with Crippen molar-refractivity contribution in [3.05, 3.63) is 59.7 Å². The van der Waals surface area contributed by atoms with E-state index in [-0.39, 0.29) is 23.7 Å². The van der Waals surface area contributed by atoms with Crippen molar-refractivity contribution in [1.82, 2.24) is 0 Å². The van der Waals surface area contributed by atoms with Crippen LogP contribution in [-0.4, -0.2) is 24.5 Å². The Morgan fingerprint density at radius 2 is 1.73 bits per heavy atom. The molecule has 0 unspecified atom stereocenters. The van der Waals surface area contributed by atoms with Gasteiger partial charge in [-0.15, -0.1) is 13.2 Å².